The van der Waals surface area contributed by atoms with Gasteiger partial charge in [-0.3, -0.25) is 9.59 Å². The van der Waals surface area contributed by atoms with Crippen molar-refractivity contribution < 1.29 is 18.0 Å². The summed E-state index contributed by atoms with van der Waals surface area (Å²) in [5.41, 5.74) is 3.12. The van der Waals surface area contributed by atoms with Crippen LogP contribution in [0.2, 0.25) is 0 Å². The molecule has 0 saturated heterocycles. The summed E-state index contributed by atoms with van der Waals surface area (Å²) in [5, 5.41) is 3.13. The number of carbonyl (C=O) groups is 2. The summed E-state index contributed by atoms with van der Waals surface area (Å²) in [6.45, 7) is 5.33. The maximum Gasteiger partial charge on any atom is 0.304 e. The molecule has 2 aromatic carbocycles. The van der Waals surface area contributed by atoms with Crippen molar-refractivity contribution in [2.45, 2.75) is 71.4 Å². The first-order chi connectivity index (χ1) is 18.0. The number of hydrogen-bond donors (Lipinski definition) is 1. The van der Waals surface area contributed by atoms with Crippen molar-refractivity contribution in [1.82, 2.24) is 14.5 Å². The third kappa shape index (κ3) is 7.57. The van der Waals surface area contributed by atoms with Gasteiger partial charge in [-0.15, -0.1) is 0 Å². The molecule has 9 heteroatoms. The van der Waals surface area contributed by atoms with Crippen molar-refractivity contribution in [3.63, 3.8) is 0 Å². The molecule has 0 aliphatic heterocycles. The van der Waals surface area contributed by atoms with E-state index in [0.29, 0.717) is 18.7 Å². The summed E-state index contributed by atoms with van der Waals surface area (Å²) in [5.74, 6) is -0.620. The highest BCUT2D eigenvalue weighted by molar-refractivity contribution is 7.90. The first-order valence-electron chi connectivity index (χ1n) is 13.4. The van der Waals surface area contributed by atoms with E-state index in [9.17, 15) is 18.0 Å². The molecular weight excluding hydrogens is 500 g/mol. The fourth-order valence-electron chi connectivity index (χ4n) is 4.83. The molecule has 38 heavy (non-hydrogen) atoms. The topological polar surface area (TPSA) is 90.0 Å². The van der Waals surface area contributed by atoms with Crippen LogP contribution in [0.3, 0.4) is 0 Å². The van der Waals surface area contributed by atoms with Gasteiger partial charge in [-0.25, -0.2) is 4.31 Å². The minimum absolute atomic E-state index is 0.116. The van der Waals surface area contributed by atoms with Crippen molar-refractivity contribution in [3.05, 3.63) is 65.2 Å². The van der Waals surface area contributed by atoms with Gasteiger partial charge >= 0.3 is 10.2 Å². The Kier molecular flexibility index (Phi) is 10.3. The van der Waals surface area contributed by atoms with Gasteiger partial charge in [-0.05, 0) is 62.8 Å². The van der Waals surface area contributed by atoms with Gasteiger partial charge < -0.3 is 10.2 Å². The molecule has 1 atom stereocenters. The van der Waals surface area contributed by atoms with Gasteiger partial charge in [0.2, 0.25) is 11.8 Å². The van der Waals surface area contributed by atoms with Crippen LogP contribution in [-0.2, 0) is 26.2 Å². The van der Waals surface area contributed by atoms with Crippen molar-refractivity contribution in [2.75, 3.05) is 31.5 Å². The molecule has 2 amide bonds. The minimum atomic E-state index is -3.98. The second-order valence-electron chi connectivity index (χ2n) is 10.4. The Morgan fingerprint density at radius 3 is 2.29 bits per heavy atom. The van der Waals surface area contributed by atoms with E-state index in [1.54, 1.807) is 13.0 Å². The standard InChI is InChI=1S/C29H42N4O4S/c1-22-16-17-23(2)27(20-22)33(38(36,37)31(4)5)21-28(34)32(19-18-25-12-8-6-9-13-25)24(3)29(35)30-26-14-10-7-11-15-26/h6,8-9,12-13,16-17,20,24,26H,7,10-11,14-15,18-19,21H2,1-5H3,(H,30,35)/t24-/m0/s1. The highest BCUT2D eigenvalue weighted by atomic mass is 32.2. The Bertz CT molecular complexity index is 1190. The normalized spacial score (nSPS) is 15.2. The number of carbonyl (C=O) groups excluding carboxylic acids is 2. The molecule has 1 aliphatic rings. The number of nitrogens with one attached hydrogen (secondary N) is 1. The molecule has 0 spiro atoms. The third-order valence-corrected chi connectivity index (χ3v) is 9.06. The zero-order chi connectivity index (χ0) is 27.9. The lowest BCUT2D eigenvalue weighted by molar-refractivity contribution is -0.139. The van der Waals surface area contributed by atoms with Crippen molar-refractivity contribution in [2.24, 2.45) is 0 Å². The monoisotopic (exact) mass is 542 g/mol. The van der Waals surface area contributed by atoms with Crippen LogP contribution in [0.25, 0.3) is 0 Å². The largest absolute Gasteiger partial charge is 0.352 e. The average molecular weight is 543 g/mol. The lowest BCUT2D eigenvalue weighted by atomic mass is 9.95. The Morgan fingerprint density at radius 2 is 1.66 bits per heavy atom. The maximum atomic E-state index is 13.9. The number of hydrogen-bond acceptors (Lipinski definition) is 4. The molecule has 1 N–H and O–H groups in total. The van der Waals surface area contributed by atoms with Crippen molar-refractivity contribution in [3.8, 4) is 0 Å². The zero-order valence-corrected chi connectivity index (χ0v) is 24.1. The summed E-state index contributed by atoms with van der Waals surface area (Å²) >= 11 is 0. The van der Waals surface area contributed by atoms with Crippen LogP contribution in [0.15, 0.2) is 48.5 Å². The first-order valence-corrected chi connectivity index (χ1v) is 14.8. The van der Waals surface area contributed by atoms with E-state index in [4.69, 9.17) is 0 Å². The smallest absolute Gasteiger partial charge is 0.304 e. The number of aryl methyl sites for hydroxylation is 2. The predicted molar refractivity (Wildman–Crippen MR) is 152 cm³/mol. The van der Waals surface area contributed by atoms with Crippen LogP contribution in [0, 0.1) is 13.8 Å². The summed E-state index contributed by atoms with van der Waals surface area (Å²) in [7, 11) is -1.08. The number of nitrogens with zero attached hydrogens (tertiary/aromatic N) is 3. The van der Waals surface area contributed by atoms with Crippen LogP contribution in [0.4, 0.5) is 5.69 Å². The van der Waals surface area contributed by atoms with Crippen LogP contribution in [-0.4, -0.2) is 68.7 Å². The zero-order valence-electron chi connectivity index (χ0n) is 23.3. The molecule has 0 radical (unpaired) electrons. The SMILES string of the molecule is Cc1ccc(C)c(N(CC(=O)N(CCc2ccccc2)[C@@H](C)C(=O)NC2CCCCC2)S(=O)(=O)N(C)C)c1. The molecular formula is C29H42N4O4S. The number of amides is 2. The molecule has 208 valence electrons. The summed E-state index contributed by atoms with van der Waals surface area (Å²) < 4.78 is 29.1. The Hall–Kier alpha value is -2.91. The maximum absolute atomic E-state index is 13.9. The van der Waals surface area contributed by atoms with Gasteiger partial charge in [-0.1, -0.05) is 61.7 Å². The lowest BCUT2D eigenvalue weighted by Gasteiger charge is -2.34. The summed E-state index contributed by atoms with van der Waals surface area (Å²) in [6.07, 6.45) is 5.79. The van der Waals surface area contributed by atoms with Crippen LogP contribution < -0.4 is 9.62 Å². The predicted octanol–water partition coefficient (Wildman–Crippen LogP) is 3.82. The van der Waals surface area contributed by atoms with E-state index in [1.165, 1.54) is 25.4 Å². The fourth-order valence-corrected chi connectivity index (χ4v) is 5.94. The van der Waals surface area contributed by atoms with E-state index in [-0.39, 0.29) is 11.9 Å². The van der Waals surface area contributed by atoms with Crippen molar-refractivity contribution >= 4 is 27.7 Å². The highest BCUT2D eigenvalue weighted by Crippen LogP contribution is 2.26. The van der Waals surface area contributed by atoms with Crippen molar-refractivity contribution in [1.29, 1.82) is 0 Å². The van der Waals surface area contributed by atoms with E-state index < -0.39 is 28.7 Å². The molecule has 0 bridgehead atoms. The van der Waals surface area contributed by atoms with Gasteiger partial charge in [0, 0.05) is 26.7 Å². The van der Waals surface area contributed by atoms with Crippen LogP contribution in [0.5, 0.6) is 0 Å². The molecule has 1 aliphatic carbocycles. The van der Waals surface area contributed by atoms with Gasteiger partial charge in [0.05, 0.1) is 5.69 Å². The number of anilines is 1. The van der Waals surface area contributed by atoms with Gasteiger partial charge in [0.1, 0.15) is 12.6 Å². The molecule has 0 aromatic heterocycles. The highest BCUT2D eigenvalue weighted by Gasteiger charge is 2.33. The molecule has 8 nitrogen and oxygen atoms in total. The van der Waals surface area contributed by atoms with E-state index in [0.717, 1.165) is 51.0 Å². The second-order valence-corrected chi connectivity index (χ2v) is 12.5. The molecule has 2 aromatic rings. The van der Waals surface area contributed by atoms with Crippen LogP contribution in [0.1, 0.15) is 55.7 Å². The Labute approximate surface area is 228 Å². The first kappa shape index (κ1) is 29.6. The van der Waals surface area contributed by atoms with Gasteiger partial charge in [-0.2, -0.15) is 12.7 Å². The number of rotatable bonds is 11. The van der Waals surface area contributed by atoms with E-state index >= 15 is 0 Å². The van der Waals surface area contributed by atoms with E-state index in [1.807, 2.05) is 56.3 Å². The van der Waals surface area contributed by atoms with Crippen LogP contribution >= 0.6 is 0 Å². The minimum Gasteiger partial charge on any atom is -0.352 e. The quantitative estimate of drug-likeness (QED) is 0.467. The Balaban J connectivity index is 1.90. The van der Waals surface area contributed by atoms with E-state index in [2.05, 4.69) is 5.32 Å². The molecule has 1 saturated carbocycles. The molecule has 0 unspecified atom stereocenters. The van der Waals surface area contributed by atoms with Gasteiger partial charge in [0.15, 0.2) is 0 Å². The number of benzene rings is 2. The van der Waals surface area contributed by atoms with Gasteiger partial charge in [0.25, 0.3) is 0 Å². The Morgan fingerprint density at radius 1 is 1.00 bits per heavy atom. The average Bonchev–Trinajstić information content (AvgIpc) is 2.89. The molecule has 1 fully saturated rings. The summed E-state index contributed by atoms with van der Waals surface area (Å²) in [4.78, 5) is 28.7. The summed E-state index contributed by atoms with van der Waals surface area (Å²) in [6, 6.07) is 14.7. The molecule has 3 rings (SSSR count). The second kappa shape index (κ2) is 13.2. The lowest BCUT2D eigenvalue weighted by Crippen LogP contribution is -2.54. The fraction of sp³-hybridized carbons (Fsp3) is 0.517. The molecule has 0 heterocycles. The third-order valence-electron chi connectivity index (χ3n) is 7.26.